The molecule has 2 unspecified atom stereocenters. The molecule has 1 fully saturated rings. The van der Waals surface area contributed by atoms with Crippen LogP contribution in [-0.4, -0.2) is 9.97 Å². The van der Waals surface area contributed by atoms with Crippen molar-refractivity contribution < 1.29 is 0 Å². The summed E-state index contributed by atoms with van der Waals surface area (Å²) in [4.78, 5) is 9.48. The second-order valence-corrected chi connectivity index (χ2v) is 5.02. The second-order valence-electron chi connectivity index (χ2n) is 5.02. The third-order valence-electron chi connectivity index (χ3n) is 4.05. The fourth-order valence-corrected chi connectivity index (χ4v) is 3.23. The van der Waals surface area contributed by atoms with Gasteiger partial charge in [0.1, 0.15) is 0 Å². The zero-order valence-corrected chi connectivity index (χ0v) is 9.35. The second kappa shape index (κ2) is 3.04. The lowest BCUT2D eigenvalue weighted by Gasteiger charge is -2.13. The Morgan fingerprint density at radius 3 is 2.47 bits per heavy atom. The van der Waals surface area contributed by atoms with E-state index in [2.05, 4.69) is 6.07 Å². The van der Waals surface area contributed by atoms with E-state index in [1.54, 1.807) is 0 Å². The number of aromatic nitrogens is 2. The number of fused-ring (bicyclic) bond motifs is 6. The Bertz CT molecular complexity index is 669. The standard InChI is InChI=1S/C14H11N3/c15-7-8-1-4-11-12(5-8)17-14-10-3-2-9(6-10)13(14)16-11/h1,4-5,9-10H,2-3,6H2. The first-order valence-electron chi connectivity index (χ1n) is 6.07. The van der Waals surface area contributed by atoms with Crippen LogP contribution in [0, 0.1) is 11.3 Å². The van der Waals surface area contributed by atoms with Gasteiger partial charge in [-0.05, 0) is 37.5 Å². The number of hydrogen-bond acceptors (Lipinski definition) is 3. The van der Waals surface area contributed by atoms with Crippen molar-refractivity contribution in [2.24, 2.45) is 0 Å². The molecule has 2 aliphatic rings. The normalized spacial score (nSPS) is 24.9. The van der Waals surface area contributed by atoms with Gasteiger partial charge in [0, 0.05) is 11.8 Å². The van der Waals surface area contributed by atoms with E-state index < -0.39 is 0 Å². The van der Waals surface area contributed by atoms with Gasteiger partial charge in [-0.25, -0.2) is 9.97 Å². The minimum Gasteiger partial charge on any atom is -0.249 e. The molecule has 0 N–H and O–H groups in total. The van der Waals surface area contributed by atoms with E-state index in [-0.39, 0.29) is 0 Å². The largest absolute Gasteiger partial charge is 0.249 e. The summed E-state index contributed by atoms with van der Waals surface area (Å²) in [5, 5.41) is 8.90. The van der Waals surface area contributed by atoms with E-state index in [0.717, 1.165) is 11.0 Å². The summed E-state index contributed by atoms with van der Waals surface area (Å²) in [6.07, 6.45) is 3.76. The summed E-state index contributed by atoms with van der Waals surface area (Å²) >= 11 is 0. The van der Waals surface area contributed by atoms with Crippen molar-refractivity contribution in [1.82, 2.24) is 9.97 Å². The third-order valence-corrected chi connectivity index (χ3v) is 4.05. The molecule has 2 atom stereocenters. The van der Waals surface area contributed by atoms with Crippen molar-refractivity contribution in [2.45, 2.75) is 31.1 Å². The number of nitriles is 1. The molecule has 82 valence electrons. The summed E-state index contributed by atoms with van der Waals surface area (Å²) in [5.41, 5.74) is 4.88. The monoisotopic (exact) mass is 221 g/mol. The molecule has 0 radical (unpaired) electrons. The van der Waals surface area contributed by atoms with Gasteiger partial charge in [-0.15, -0.1) is 0 Å². The van der Waals surface area contributed by atoms with Gasteiger partial charge < -0.3 is 0 Å². The summed E-state index contributed by atoms with van der Waals surface area (Å²) in [7, 11) is 0. The Morgan fingerprint density at radius 2 is 1.76 bits per heavy atom. The predicted octanol–water partition coefficient (Wildman–Crippen LogP) is 2.87. The minimum atomic E-state index is 0.623. The number of benzene rings is 1. The average molecular weight is 221 g/mol. The van der Waals surface area contributed by atoms with E-state index >= 15 is 0 Å². The summed E-state index contributed by atoms with van der Waals surface area (Å²) in [6, 6.07) is 7.72. The van der Waals surface area contributed by atoms with Crippen LogP contribution in [0.1, 0.15) is 48.0 Å². The van der Waals surface area contributed by atoms with Gasteiger partial charge in [0.05, 0.1) is 34.1 Å². The zero-order chi connectivity index (χ0) is 11.4. The Kier molecular flexibility index (Phi) is 1.63. The summed E-state index contributed by atoms with van der Waals surface area (Å²) < 4.78 is 0. The first-order chi connectivity index (χ1) is 8.35. The average Bonchev–Trinajstić information content (AvgIpc) is 2.97. The molecule has 1 aromatic heterocycles. The topological polar surface area (TPSA) is 49.6 Å². The molecular formula is C14H11N3. The Labute approximate surface area is 99.1 Å². The first-order valence-corrected chi connectivity index (χ1v) is 6.07. The quantitative estimate of drug-likeness (QED) is 0.687. The fourth-order valence-electron chi connectivity index (χ4n) is 3.23. The molecule has 0 spiro atoms. The minimum absolute atomic E-state index is 0.623. The van der Waals surface area contributed by atoms with Crippen LogP contribution in [0.2, 0.25) is 0 Å². The van der Waals surface area contributed by atoms with Crippen molar-refractivity contribution >= 4 is 11.0 Å². The van der Waals surface area contributed by atoms with Crippen molar-refractivity contribution in [2.75, 3.05) is 0 Å². The van der Waals surface area contributed by atoms with Gasteiger partial charge in [-0.3, -0.25) is 0 Å². The van der Waals surface area contributed by atoms with Gasteiger partial charge >= 0.3 is 0 Å². The Balaban J connectivity index is 2.01. The van der Waals surface area contributed by atoms with Crippen LogP contribution in [0.3, 0.4) is 0 Å². The molecule has 4 rings (SSSR count). The maximum atomic E-state index is 8.90. The van der Waals surface area contributed by atoms with Crippen LogP contribution in [0.15, 0.2) is 18.2 Å². The van der Waals surface area contributed by atoms with Crippen molar-refractivity contribution in [3.05, 3.63) is 35.2 Å². The molecule has 0 amide bonds. The summed E-state index contributed by atoms with van der Waals surface area (Å²) in [5.74, 6) is 1.26. The van der Waals surface area contributed by atoms with Gasteiger partial charge in [0.25, 0.3) is 0 Å². The number of nitrogens with zero attached hydrogens (tertiary/aromatic N) is 3. The number of rotatable bonds is 0. The SMILES string of the molecule is N#Cc1ccc2nc3c(nc2c1)C1CCC3C1. The van der Waals surface area contributed by atoms with Crippen LogP contribution in [0.5, 0.6) is 0 Å². The van der Waals surface area contributed by atoms with Crippen LogP contribution < -0.4 is 0 Å². The molecule has 1 heterocycles. The summed E-state index contributed by atoms with van der Waals surface area (Å²) in [6.45, 7) is 0. The molecule has 0 aliphatic heterocycles. The van der Waals surface area contributed by atoms with Crippen molar-refractivity contribution in [1.29, 1.82) is 5.26 Å². The molecule has 0 saturated heterocycles. The molecular weight excluding hydrogens is 210 g/mol. The van der Waals surface area contributed by atoms with E-state index in [0.29, 0.717) is 17.4 Å². The van der Waals surface area contributed by atoms with E-state index in [4.69, 9.17) is 15.2 Å². The fraction of sp³-hybridized carbons (Fsp3) is 0.357. The molecule has 2 bridgehead atoms. The smallest absolute Gasteiger partial charge is 0.0992 e. The van der Waals surface area contributed by atoms with Crippen LogP contribution >= 0.6 is 0 Å². The zero-order valence-electron chi connectivity index (χ0n) is 9.35. The molecule has 1 saturated carbocycles. The highest BCUT2D eigenvalue weighted by atomic mass is 14.9. The number of hydrogen-bond donors (Lipinski definition) is 0. The molecule has 17 heavy (non-hydrogen) atoms. The maximum Gasteiger partial charge on any atom is 0.0992 e. The van der Waals surface area contributed by atoms with Gasteiger partial charge in [0.2, 0.25) is 0 Å². The van der Waals surface area contributed by atoms with E-state index in [1.807, 2.05) is 18.2 Å². The lowest BCUT2D eigenvalue weighted by atomic mass is 10.00. The maximum absolute atomic E-state index is 8.90. The van der Waals surface area contributed by atoms with Crippen molar-refractivity contribution in [3.63, 3.8) is 0 Å². The van der Waals surface area contributed by atoms with Gasteiger partial charge in [0.15, 0.2) is 0 Å². The highest BCUT2D eigenvalue weighted by Gasteiger charge is 2.39. The molecule has 3 nitrogen and oxygen atoms in total. The lowest BCUT2D eigenvalue weighted by Crippen LogP contribution is -2.04. The van der Waals surface area contributed by atoms with E-state index in [1.165, 1.54) is 30.7 Å². The van der Waals surface area contributed by atoms with Crippen LogP contribution in [0.25, 0.3) is 11.0 Å². The Hall–Kier alpha value is -1.95. The molecule has 2 aliphatic carbocycles. The lowest BCUT2D eigenvalue weighted by molar-refractivity contribution is 0.685. The van der Waals surface area contributed by atoms with Gasteiger partial charge in [-0.2, -0.15) is 5.26 Å². The third kappa shape index (κ3) is 1.15. The Morgan fingerprint density at radius 1 is 1.06 bits per heavy atom. The molecule has 3 heteroatoms. The van der Waals surface area contributed by atoms with E-state index in [9.17, 15) is 0 Å². The molecule has 2 aromatic rings. The van der Waals surface area contributed by atoms with Gasteiger partial charge in [-0.1, -0.05) is 0 Å². The predicted molar refractivity (Wildman–Crippen MR) is 63.6 cm³/mol. The van der Waals surface area contributed by atoms with Crippen molar-refractivity contribution in [3.8, 4) is 6.07 Å². The molecule has 1 aromatic carbocycles. The highest BCUT2D eigenvalue weighted by Crippen LogP contribution is 2.51. The van der Waals surface area contributed by atoms with Crippen LogP contribution in [0.4, 0.5) is 0 Å². The van der Waals surface area contributed by atoms with Crippen LogP contribution in [-0.2, 0) is 0 Å². The first kappa shape index (κ1) is 9.12. The highest BCUT2D eigenvalue weighted by molar-refractivity contribution is 5.76.